The standard InChI is InChI=1S/C23H24N2O6S/c1-29-20-12-8-7-11-19(20)24-23(26)16-25(32(27,28)18-9-5-4-6-10-18)17-13-14-21(30-2)22(15-17)31-3/h4-15H,16H2,1-3H3,(H,24,26). The van der Waals surface area contributed by atoms with Crippen LogP contribution in [0.1, 0.15) is 0 Å². The molecule has 1 amide bonds. The molecule has 0 radical (unpaired) electrons. The summed E-state index contributed by atoms with van der Waals surface area (Å²) in [4.78, 5) is 12.9. The fraction of sp³-hybridized carbons (Fsp3) is 0.174. The molecule has 0 aliphatic heterocycles. The average molecular weight is 457 g/mol. The highest BCUT2D eigenvalue weighted by Gasteiger charge is 2.28. The molecular formula is C23H24N2O6S. The maximum absolute atomic E-state index is 13.4. The van der Waals surface area contributed by atoms with Crippen molar-refractivity contribution >= 4 is 27.3 Å². The van der Waals surface area contributed by atoms with E-state index in [1.165, 1.54) is 39.5 Å². The van der Waals surface area contributed by atoms with Gasteiger partial charge < -0.3 is 19.5 Å². The molecule has 1 N–H and O–H groups in total. The largest absolute Gasteiger partial charge is 0.495 e. The number of methoxy groups -OCH3 is 3. The van der Waals surface area contributed by atoms with Gasteiger partial charge in [0.1, 0.15) is 12.3 Å². The maximum Gasteiger partial charge on any atom is 0.264 e. The number of hydrogen-bond donors (Lipinski definition) is 1. The Morgan fingerprint density at radius 2 is 1.44 bits per heavy atom. The number of nitrogens with one attached hydrogen (secondary N) is 1. The molecule has 3 aromatic carbocycles. The van der Waals surface area contributed by atoms with Gasteiger partial charge in [-0.1, -0.05) is 30.3 Å². The second kappa shape index (κ2) is 10.1. The van der Waals surface area contributed by atoms with Crippen LogP contribution in [0.5, 0.6) is 17.2 Å². The number of hydrogen-bond acceptors (Lipinski definition) is 6. The zero-order chi connectivity index (χ0) is 23.1. The number of carbonyl (C=O) groups is 1. The summed E-state index contributed by atoms with van der Waals surface area (Å²) in [5.41, 5.74) is 0.686. The number of para-hydroxylation sites is 2. The van der Waals surface area contributed by atoms with E-state index in [9.17, 15) is 13.2 Å². The molecule has 0 saturated heterocycles. The molecule has 0 bridgehead atoms. The topological polar surface area (TPSA) is 94.2 Å². The molecule has 168 valence electrons. The van der Waals surface area contributed by atoms with Crippen molar-refractivity contribution in [2.45, 2.75) is 4.90 Å². The normalized spacial score (nSPS) is 10.8. The van der Waals surface area contributed by atoms with Crippen LogP contribution in [-0.2, 0) is 14.8 Å². The van der Waals surface area contributed by atoms with E-state index in [2.05, 4.69) is 5.32 Å². The first-order valence-corrected chi connectivity index (χ1v) is 11.1. The van der Waals surface area contributed by atoms with E-state index >= 15 is 0 Å². The molecule has 32 heavy (non-hydrogen) atoms. The van der Waals surface area contributed by atoms with E-state index in [0.717, 1.165) is 4.31 Å². The summed E-state index contributed by atoms with van der Waals surface area (Å²) in [6.07, 6.45) is 0. The van der Waals surface area contributed by atoms with E-state index in [-0.39, 0.29) is 10.6 Å². The molecule has 3 rings (SSSR count). The Morgan fingerprint density at radius 1 is 0.812 bits per heavy atom. The number of nitrogens with zero attached hydrogens (tertiary/aromatic N) is 1. The second-order valence-electron chi connectivity index (χ2n) is 6.61. The molecule has 0 aliphatic rings. The lowest BCUT2D eigenvalue weighted by molar-refractivity contribution is -0.114. The Hall–Kier alpha value is -3.72. The highest BCUT2D eigenvalue weighted by Crippen LogP contribution is 2.34. The van der Waals surface area contributed by atoms with Gasteiger partial charge in [-0.05, 0) is 36.4 Å². The zero-order valence-electron chi connectivity index (χ0n) is 17.9. The van der Waals surface area contributed by atoms with E-state index in [0.29, 0.717) is 22.9 Å². The predicted molar refractivity (Wildman–Crippen MR) is 122 cm³/mol. The number of carbonyl (C=O) groups excluding carboxylic acids is 1. The van der Waals surface area contributed by atoms with Gasteiger partial charge >= 0.3 is 0 Å². The first kappa shape index (κ1) is 23.0. The summed E-state index contributed by atoms with van der Waals surface area (Å²) < 4.78 is 43.7. The minimum atomic E-state index is -4.06. The third-order valence-corrected chi connectivity index (χ3v) is 6.44. The van der Waals surface area contributed by atoms with Crippen LogP contribution in [0.3, 0.4) is 0 Å². The van der Waals surface area contributed by atoms with Gasteiger partial charge in [-0.25, -0.2) is 8.42 Å². The SMILES string of the molecule is COc1ccccc1NC(=O)CN(c1ccc(OC)c(OC)c1)S(=O)(=O)c1ccccc1. The van der Waals surface area contributed by atoms with E-state index in [4.69, 9.17) is 14.2 Å². The Balaban J connectivity index is 2.00. The van der Waals surface area contributed by atoms with Crippen molar-refractivity contribution in [3.05, 3.63) is 72.8 Å². The second-order valence-corrected chi connectivity index (χ2v) is 8.47. The summed E-state index contributed by atoms with van der Waals surface area (Å²) >= 11 is 0. The fourth-order valence-corrected chi connectivity index (χ4v) is 4.52. The van der Waals surface area contributed by atoms with Crippen LogP contribution in [0.2, 0.25) is 0 Å². The van der Waals surface area contributed by atoms with Crippen LogP contribution in [0.4, 0.5) is 11.4 Å². The maximum atomic E-state index is 13.4. The lowest BCUT2D eigenvalue weighted by atomic mass is 10.2. The monoisotopic (exact) mass is 456 g/mol. The number of rotatable bonds is 9. The van der Waals surface area contributed by atoms with Crippen molar-refractivity contribution in [3.8, 4) is 17.2 Å². The van der Waals surface area contributed by atoms with E-state index in [1.54, 1.807) is 54.6 Å². The van der Waals surface area contributed by atoms with Crippen LogP contribution in [0.25, 0.3) is 0 Å². The number of benzene rings is 3. The summed E-state index contributed by atoms with van der Waals surface area (Å²) in [5, 5.41) is 2.71. The highest BCUT2D eigenvalue weighted by molar-refractivity contribution is 7.92. The summed E-state index contributed by atoms with van der Waals surface area (Å²) in [5.74, 6) is 0.698. The smallest absolute Gasteiger partial charge is 0.264 e. The van der Waals surface area contributed by atoms with Gasteiger partial charge in [0.15, 0.2) is 11.5 Å². The highest BCUT2D eigenvalue weighted by atomic mass is 32.2. The average Bonchev–Trinajstić information content (AvgIpc) is 2.83. The van der Waals surface area contributed by atoms with E-state index < -0.39 is 22.5 Å². The van der Waals surface area contributed by atoms with Gasteiger partial charge in [-0.3, -0.25) is 9.10 Å². The van der Waals surface area contributed by atoms with Crippen LogP contribution < -0.4 is 23.8 Å². The lowest BCUT2D eigenvalue weighted by Gasteiger charge is -2.25. The molecule has 0 aliphatic carbocycles. The molecule has 9 heteroatoms. The van der Waals surface area contributed by atoms with Crippen molar-refractivity contribution in [2.75, 3.05) is 37.5 Å². The molecule has 0 unspecified atom stereocenters. The first-order chi connectivity index (χ1) is 15.4. The van der Waals surface area contributed by atoms with Crippen LogP contribution >= 0.6 is 0 Å². The van der Waals surface area contributed by atoms with Crippen molar-refractivity contribution in [2.24, 2.45) is 0 Å². The van der Waals surface area contributed by atoms with Gasteiger partial charge in [0.05, 0.1) is 37.6 Å². The number of anilines is 2. The summed E-state index contributed by atoms with van der Waals surface area (Å²) in [7, 11) is 0.363. The molecule has 8 nitrogen and oxygen atoms in total. The molecule has 0 heterocycles. The Labute approximate surface area is 187 Å². The molecule has 0 atom stereocenters. The number of ether oxygens (including phenoxy) is 3. The molecule has 0 spiro atoms. The van der Waals surface area contributed by atoms with Gasteiger partial charge in [0, 0.05) is 6.07 Å². The predicted octanol–water partition coefficient (Wildman–Crippen LogP) is 3.55. The lowest BCUT2D eigenvalue weighted by Crippen LogP contribution is -2.38. The first-order valence-electron chi connectivity index (χ1n) is 9.63. The Morgan fingerprint density at radius 3 is 2.09 bits per heavy atom. The van der Waals surface area contributed by atoms with Gasteiger partial charge in [-0.15, -0.1) is 0 Å². The number of amides is 1. The van der Waals surface area contributed by atoms with Crippen molar-refractivity contribution < 1.29 is 27.4 Å². The molecule has 0 aromatic heterocycles. The summed E-state index contributed by atoms with van der Waals surface area (Å²) in [6, 6.07) is 19.4. The molecule has 0 fully saturated rings. The van der Waals surface area contributed by atoms with Crippen molar-refractivity contribution in [1.29, 1.82) is 0 Å². The van der Waals surface area contributed by atoms with Crippen LogP contribution in [0.15, 0.2) is 77.7 Å². The van der Waals surface area contributed by atoms with Crippen LogP contribution in [-0.4, -0.2) is 42.2 Å². The Kier molecular flexibility index (Phi) is 7.21. The third-order valence-electron chi connectivity index (χ3n) is 4.65. The Bertz CT molecular complexity index is 1180. The quantitative estimate of drug-likeness (QED) is 0.529. The minimum Gasteiger partial charge on any atom is -0.495 e. The molecule has 0 saturated carbocycles. The minimum absolute atomic E-state index is 0.0554. The van der Waals surface area contributed by atoms with Gasteiger partial charge in [0.2, 0.25) is 5.91 Å². The van der Waals surface area contributed by atoms with E-state index in [1.807, 2.05) is 0 Å². The molecule has 3 aromatic rings. The van der Waals surface area contributed by atoms with Crippen molar-refractivity contribution in [1.82, 2.24) is 0 Å². The summed E-state index contributed by atoms with van der Waals surface area (Å²) in [6.45, 7) is -0.468. The molecular weight excluding hydrogens is 432 g/mol. The number of sulfonamides is 1. The fourth-order valence-electron chi connectivity index (χ4n) is 3.08. The van der Waals surface area contributed by atoms with Gasteiger partial charge in [0.25, 0.3) is 10.0 Å². The van der Waals surface area contributed by atoms with Crippen molar-refractivity contribution in [3.63, 3.8) is 0 Å². The van der Waals surface area contributed by atoms with Crippen LogP contribution in [0, 0.1) is 0 Å². The zero-order valence-corrected chi connectivity index (χ0v) is 18.8. The third kappa shape index (κ3) is 4.94. The van der Waals surface area contributed by atoms with Gasteiger partial charge in [-0.2, -0.15) is 0 Å².